The third-order valence-electron chi connectivity index (χ3n) is 7.74. The van der Waals surface area contributed by atoms with E-state index in [1.165, 1.54) is 35.5 Å². The van der Waals surface area contributed by atoms with Crippen LogP contribution in [-0.4, -0.2) is 0 Å². The minimum Gasteiger partial charge on any atom is -0.0591 e. The van der Waals surface area contributed by atoms with Gasteiger partial charge < -0.3 is 0 Å². The van der Waals surface area contributed by atoms with Crippen LogP contribution in [0, 0.1) is 46.8 Å². The van der Waals surface area contributed by atoms with Gasteiger partial charge >= 0.3 is 0 Å². The van der Waals surface area contributed by atoms with Crippen LogP contribution in [0.4, 0.5) is 0 Å². The normalized spacial score (nSPS) is 73.0. The Kier molecular flexibility index (Phi) is 1.18. The second kappa shape index (κ2) is 2.17. The molecule has 0 aromatic rings. The summed E-state index contributed by atoms with van der Waals surface area (Å²) in [5, 5.41) is 0. The summed E-state index contributed by atoms with van der Waals surface area (Å²) < 4.78 is 0. The molecule has 5 saturated carbocycles. The highest BCUT2D eigenvalue weighted by atomic mass is 14.8. The van der Waals surface area contributed by atoms with Crippen LogP contribution in [0.2, 0.25) is 0 Å². The second-order valence-corrected chi connectivity index (χ2v) is 7.64. The molecule has 6 unspecified atom stereocenters. The number of hydrogen-bond donors (Lipinski definition) is 0. The lowest BCUT2D eigenvalue weighted by molar-refractivity contribution is -0.0863. The van der Waals surface area contributed by atoms with Gasteiger partial charge in [0.25, 0.3) is 0 Å². The third kappa shape index (κ3) is 0.666. The Hall–Kier alpha value is 0. The third-order valence-corrected chi connectivity index (χ3v) is 7.74. The molecule has 5 fully saturated rings. The molecule has 0 heteroatoms. The molecule has 82 valence electrons. The predicted molar refractivity (Wildman–Crippen MR) is 60.2 cm³/mol. The lowest BCUT2D eigenvalue weighted by atomic mass is 9.48. The molecule has 0 bridgehead atoms. The van der Waals surface area contributed by atoms with Crippen molar-refractivity contribution in [3.05, 3.63) is 0 Å². The van der Waals surface area contributed by atoms with Crippen molar-refractivity contribution in [1.82, 2.24) is 0 Å². The number of fused-ring (bicyclic) bond motifs is 8. The van der Waals surface area contributed by atoms with E-state index in [2.05, 4.69) is 6.92 Å². The quantitative estimate of drug-likeness (QED) is 0.561. The van der Waals surface area contributed by atoms with Gasteiger partial charge in [-0.15, -0.1) is 0 Å². The lowest BCUT2D eigenvalue weighted by Gasteiger charge is -2.56. The highest BCUT2D eigenvalue weighted by Crippen LogP contribution is 2.78. The topological polar surface area (TPSA) is 0 Å². The van der Waals surface area contributed by atoms with Gasteiger partial charge in [0, 0.05) is 0 Å². The highest BCUT2D eigenvalue weighted by Gasteiger charge is 2.71. The first-order valence-corrected chi connectivity index (χ1v) is 7.29. The largest absolute Gasteiger partial charge is 0.0591 e. The molecular formula is C15H22. The molecule has 0 aliphatic heterocycles. The van der Waals surface area contributed by atoms with Crippen LogP contribution in [0.3, 0.4) is 0 Å². The first-order chi connectivity index (χ1) is 7.29. The summed E-state index contributed by atoms with van der Waals surface area (Å²) in [6.07, 6.45) is 9.66. The van der Waals surface area contributed by atoms with Gasteiger partial charge in [-0.25, -0.2) is 0 Å². The zero-order chi connectivity index (χ0) is 9.78. The average molecular weight is 202 g/mol. The van der Waals surface area contributed by atoms with Gasteiger partial charge in [0.1, 0.15) is 0 Å². The van der Waals surface area contributed by atoms with E-state index in [0.717, 1.165) is 11.3 Å². The van der Waals surface area contributed by atoms with Crippen molar-refractivity contribution in [1.29, 1.82) is 0 Å². The van der Waals surface area contributed by atoms with Crippen LogP contribution < -0.4 is 0 Å². The molecule has 0 amide bonds. The first-order valence-electron chi connectivity index (χ1n) is 7.29. The smallest absolute Gasteiger partial charge is 0.0264 e. The average Bonchev–Trinajstić information content (AvgIpc) is 2.45. The van der Waals surface area contributed by atoms with Crippen LogP contribution in [-0.2, 0) is 0 Å². The Morgan fingerprint density at radius 3 is 2.47 bits per heavy atom. The molecule has 0 spiro atoms. The van der Waals surface area contributed by atoms with Gasteiger partial charge in [0.2, 0.25) is 0 Å². The standard InChI is InChI=1S/C15H22/c1-15-5-4-9(15)7-12-13-10-3-2-8(10)6-11(13)14(12)15/h8-14H,2-7H2,1H3/t8?,9?,10?,11-,12?,13?,14?,15-/m0/s1. The van der Waals surface area contributed by atoms with E-state index in [1.807, 2.05) is 0 Å². The Balaban J connectivity index is 1.53. The summed E-state index contributed by atoms with van der Waals surface area (Å²) in [4.78, 5) is 0. The molecule has 0 aromatic heterocycles. The highest BCUT2D eigenvalue weighted by molar-refractivity contribution is 5.20. The Labute approximate surface area is 92.8 Å². The minimum atomic E-state index is 0.843. The molecule has 0 N–H and O–H groups in total. The van der Waals surface area contributed by atoms with E-state index >= 15 is 0 Å². The van der Waals surface area contributed by atoms with Crippen molar-refractivity contribution < 1.29 is 0 Å². The molecule has 0 nitrogen and oxygen atoms in total. The van der Waals surface area contributed by atoms with Crippen LogP contribution in [0.5, 0.6) is 0 Å². The van der Waals surface area contributed by atoms with Gasteiger partial charge in [0.05, 0.1) is 0 Å². The van der Waals surface area contributed by atoms with Crippen LogP contribution in [0.25, 0.3) is 0 Å². The first kappa shape index (κ1) is 8.14. The van der Waals surface area contributed by atoms with Crippen molar-refractivity contribution in [2.45, 2.75) is 45.4 Å². The van der Waals surface area contributed by atoms with Gasteiger partial charge in [0.15, 0.2) is 0 Å². The molecule has 5 aliphatic rings. The van der Waals surface area contributed by atoms with Crippen molar-refractivity contribution in [3.8, 4) is 0 Å². The van der Waals surface area contributed by atoms with Crippen molar-refractivity contribution in [2.24, 2.45) is 46.8 Å². The van der Waals surface area contributed by atoms with Crippen LogP contribution in [0.15, 0.2) is 0 Å². The monoisotopic (exact) mass is 202 g/mol. The van der Waals surface area contributed by atoms with E-state index in [-0.39, 0.29) is 0 Å². The second-order valence-electron chi connectivity index (χ2n) is 7.64. The summed E-state index contributed by atoms with van der Waals surface area (Å²) in [6.45, 7) is 2.64. The van der Waals surface area contributed by atoms with E-state index in [4.69, 9.17) is 0 Å². The molecule has 0 radical (unpaired) electrons. The van der Waals surface area contributed by atoms with Gasteiger partial charge in [-0.2, -0.15) is 0 Å². The maximum absolute atomic E-state index is 2.64. The minimum absolute atomic E-state index is 0.843. The SMILES string of the molecule is C[C@]12CCC1CC1C3C4CCC4C[C@@H]3C12. The molecule has 5 rings (SSSR count). The van der Waals surface area contributed by atoms with E-state index < -0.39 is 0 Å². The summed E-state index contributed by atoms with van der Waals surface area (Å²) in [5.41, 5.74) is 0.843. The van der Waals surface area contributed by atoms with E-state index in [9.17, 15) is 0 Å². The molecule has 8 atom stereocenters. The predicted octanol–water partition coefficient (Wildman–Crippen LogP) is 3.71. The molecule has 15 heavy (non-hydrogen) atoms. The van der Waals surface area contributed by atoms with Crippen molar-refractivity contribution in [3.63, 3.8) is 0 Å². The van der Waals surface area contributed by atoms with Gasteiger partial charge in [-0.3, -0.25) is 0 Å². The van der Waals surface area contributed by atoms with Crippen molar-refractivity contribution in [2.75, 3.05) is 0 Å². The van der Waals surface area contributed by atoms with Crippen LogP contribution in [0.1, 0.15) is 45.4 Å². The summed E-state index contributed by atoms with van der Waals surface area (Å²) in [7, 11) is 0. The zero-order valence-corrected chi connectivity index (χ0v) is 9.78. The number of rotatable bonds is 0. The van der Waals surface area contributed by atoms with Gasteiger partial charge in [-0.1, -0.05) is 6.92 Å². The van der Waals surface area contributed by atoms with Crippen molar-refractivity contribution >= 4 is 0 Å². The van der Waals surface area contributed by atoms with E-state index in [1.54, 1.807) is 38.5 Å². The fourth-order valence-corrected chi connectivity index (χ4v) is 6.89. The van der Waals surface area contributed by atoms with E-state index in [0.29, 0.717) is 0 Å². The Morgan fingerprint density at radius 1 is 0.933 bits per heavy atom. The molecule has 0 saturated heterocycles. The maximum atomic E-state index is 2.64. The van der Waals surface area contributed by atoms with Gasteiger partial charge in [-0.05, 0) is 85.4 Å². The maximum Gasteiger partial charge on any atom is -0.0264 e. The Morgan fingerprint density at radius 2 is 1.80 bits per heavy atom. The molecular weight excluding hydrogens is 180 g/mol. The molecule has 0 heterocycles. The fraction of sp³-hybridized carbons (Fsp3) is 1.00. The Bertz CT molecular complexity index is 327. The van der Waals surface area contributed by atoms with Crippen LogP contribution >= 0.6 is 0 Å². The lowest BCUT2D eigenvalue weighted by Crippen LogP contribution is -2.51. The number of hydrogen-bond acceptors (Lipinski definition) is 0. The summed E-state index contributed by atoms with van der Waals surface area (Å²) >= 11 is 0. The molecule has 5 aliphatic carbocycles. The fourth-order valence-electron chi connectivity index (χ4n) is 6.89. The zero-order valence-electron chi connectivity index (χ0n) is 9.78. The molecule has 0 aromatic carbocycles. The summed E-state index contributed by atoms with van der Waals surface area (Å²) in [6, 6.07) is 0. The summed E-state index contributed by atoms with van der Waals surface area (Å²) in [5.74, 6) is 8.44.